The van der Waals surface area contributed by atoms with Gasteiger partial charge in [0.05, 0.1) is 17.6 Å². The van der Waals surface area contributed by atoms with Gasteiger partial charge in [-0.05, 0) is 67.0 Å². The standard InChI is InChI=1S/C29H39N3O2/c1-5-28(33)30-20-10-6-7-15-27-31-25-13-8-9-14-26(25)32(27)21-11-12-22-34-24-18-16-23(17-19-24)29(2,3)4/h5,8-9,13-14,16-19H,1,6-7,10-12,15,20-22H2,2-4H3,(H,30,33). The molecule has 0 aliphatic carbocycles. The zero-order chi connectivity index (χ0) is 24.4. The van der Waals surface area contributed by atoms with Gasteiger partial charge in [0, 0.05) is 19.5 Å². The molecule has 0 fully saturated rings. The monoisotopic (exact) mass is 461 g/mol. The fraction of sp³-hybridized carbons (Fsp3) is 0.448. The quantitative estimate of drug-likeness (QED) is 0.243. The average Bonchev–Trinajstić information content (AvgIpc) is 3.18. The van der Waals surface area contributed by atoms with Crippen LogP contribution in [-0.4, -0.2) is 28.6 Å². The molecule has 0 aliphatic heterocycles. The van der Waals surface area contributed by atoms with Gasteiger partial charge >= 0.3 is 0 Å². The molecule has 3 rings (SSSR count). The second kappa shape index (κ2) is 12.4. The molecule has 0 bridgehead atoms. The summed E-state index contributed by atoms with van der Waals surface area (Å²) in [6, 6.07) is 16.8. The Morgan fingerprint density at radius 2 is 1.79 bits per heavy atom. The molecule has 2 aromatic carbocycles. The summed E-state index contributed by atoms with van der Waals surface area (Å²) < 4.78 is 8.35. The SMILES string of the molecule is C=CC(=O)NCCCCCc1nc2ccccc2n1CCCCOc1ccc(C(C)(C)C)cc1. The predicted octanol–water partition coefficient (Wildman–Crippen LogP) is 6.21. The highest BCUT2D eigenvalue weighted by Gasteiger charge is 2.13. The van der Waals surface area contributed by atoms with Crippen LogP contribution in [0, 0.1) is 0 Å². The maximum Gasteiger partial charge on any atom is 0.243 e. The fourth-order valence-corrected chi connectivity index (χ4v) is 4.05. The molecule has 0 radical (unpaired) electrons. The number of aromatic nitrogens is 2. The number of amides is 1. The van der Waals surface area contributed by atoms with E-state index in [2.05, 4.69) is 79.7 Å². The summed E-state index contributed by atoms with van der Waals surface area (Å²) in [5.74, 6) is 1.98. The first-order valence-corrected chi connectivity index (χ1v) is 12.5. The van der Waals surface area contributed by atoms with E-state index in [9.17, 15) is 4.79 Å². The van der Waals surface area contributed by atoms with E-state index in [0.717, 1.165) is 62.2 Å². The van der Waals surface area contributed by atoms with Crippen LogP contribution < -0.4 is 10.1 Å². The Morgan fingerprint density at radius 3 is 2.53 bits per heavy atom. The Balaban J connectivity index is 1.47. The van der Waals surface area contributed by atoms with Gasteiger partial charge in [0.1, 0.15) is 11.6 Å². The Labute approximate surface area is 204 Å². The minimum absolute atomic E-state index is 0.104. The van der Waals surface area contributed by atoms with Crippen molar-refractivity contribution in [3.8, 4) is 5.75 Å². The van der Waals surface area contributed by atoms with Gasteiger partial charge in [-0.3, -0.25) is 4.79 Å². The van der Waals surface area contributed by atoms with Crippen molar-refractivity contribution in [3.63, 3.8) is 0 Å². The summed E-state index contributed by atoms with van der Waals surface area (Å²) in [5, 5.41) is 2.84. The normalized spacial score (nSPS) is 11.5. The van der Waals surface area contributed by atoms with Gasteiger partial charge in [-0.15, -0.1) is 0 Å². The highest BCUT2D eigenvalue weighted by atomic mass is 16.5. The second-order valence-corrected chi connectivity index (χ2v) is 9.80. The van der Waals surface area contributed by atoms with Gasteiger partial charge < -0.3 is 14.6 Å². The smallest absolute Gasteiger partial charge is 0.243 e. The molecule has 0 saturated heterocycles. The predicted molar refractivity (Wildman–Crippen MR) is 140 cm³/mol. The minimum atomic E-state index is -0.104. The number of ether oxygens (including phenoxy) is 1. The number of hydrogen-bond acceptors (Lipinski definition) is 3. The number of para-hydroxylation sites is 2. The number of rotatable bonds is 13. The highest BCUT2D eigenvalue weighted by molar-refractivity contribution is 5.86. The van der Waals surface area contributed by atoms with Crippen molar-refractivity contribution in [1.82, 2.24) is 14.9 Å². The molecule has 182 valence electrons. The second-order valence-electron chi connectivity index (χ2n) is 9.80. The van der Waals surface area contributed by atoms with Crippen LogP contribution in [0.2, 0.25) is 0 Å². The molecule has 0 unspecified atom stereocenters. The average molecular weight is 462 g/mol. The highest BCUT2D eigenvalue weighted by Crippen LogP contribution is 2.24. The van der Waals surface area contributed by atoms with Crippen LogP contribution in [0.25, 0.3) is 11.0 Å². The van der Waals surface area contributed by atoms with Gasteiger partial charge in [-0.2, -0.15) is 0 Å². The third-order valence-corrected chi connectivity index (χ3v) is 6.06. The number of fused-ring (bicyclic) bond motifs is 1. The summed E-state index contributed by atoms with van der Waals surface area (Å²) in [4.78, 5) is 16.1. The molecule has 5 heteroatoms. The van der Waals surface area contributed by atoms with Crippen LogP contribution in [-0.2, 0) is 23.2 Å². The van der Waals surface area contributed by atoms with Gasteiger partial charge in [-0.25, -0.2) is 4.98 Å². The Kier molecular flexibility index (Phi) is 9.32. The summed E-state index contributed by atoms with van der Waals surface area (Å²) >= 11 is 0. The van der Waals surface area contributed by atoms with Crippen molar-refractivity contribution < 1.29 is 9.53 Å². The third-order valence-electron chi connectivity index (χ3n) is 6.06. The van der Waals surface area contributed by atoms with Gasteiger partial charge in [0.25, 0.3) is 0 Å². The minimum Gasteiger partial charge on any atom is -0.494 e. The Hall–Kier alpha value is -3.08. The van der Waals surface area contributed by atoms with Crippen LogP contribution in [0.4, 0.5) is 0 Å². The molecule has 1 amide bonds. The molecule has 1 heterocycles. The number of aryl methyl sites for hydroxylation is 2. The molecule has 3 aromatic rings. The largest absolute Gasteiger partial charge is 0.494 e. The van der Waals surface area contributed by atoms with Crippen molar-refractivity contribution in [3.05, 3.63) is 72.6 Å². The van der Waals surface area contributed by atoms with E-state index in [-0.39, 0.29) is 11.3 Å². The summed E-state index contributed by atoms with van der Waals surface area (Å²) in [7, 11) is 0. The molecule has 1 N–H and O–H groups in total. The number of nitrogens with one attached hydrogen (secondary N) is 1. The van der Waals surface area contributed by atoms with Gasteiger partial charge in [-0.1, -0.05) is 58.0 Å². The number of unbranched alkanes of at least 4 members (excludes halogenated alkanes) is 3. The molecule has 5 nitrogen and oxygen atoms in total. The van der Waals surface area contributed by atoms with E-state index in [1.165, 1.54) is 17.2 Å². The summed E-state index contributed by atoms with van der Waals surface area (Å²) in [6.07, 6.45) is 7.38. The van der Waals surface area contributed by atoms with Crippen molar-refractivity contribution in [2.24, 2.45) is 0 Å². The zero-order valence-electron chi connectivity index (χ0n) is 21.0. The van der Waals surface area contributed by atoms with Crippen LogP contribution in [0.3, 0.4) is 0 Å². The lowest BCUT2D eigenvalue weighted by Gasteiger charge is -2.19. The van der Waals surface area contributed by atoms with Crippen LogP contribution in [0.5, 0.6) is 5.75 Å². The van der Waals surface area contributed by atoms with E-state index < -0.39 is 0 Å². The first kappa shape index (κ1) is 25.5. The summed E-state index contributed by atoms with van der Waals surface area (Å²) in [5.41, 5.74) is 3.74. The third kappa shape index (κ3) is 7.47. The Bertz CT molecular complexity index is 1060. The van der Waals surface area contributed by atoms with Crippen molar-refractivity contribution in [2.45, 2.75) is 71.3 Å². The number of hydrogen-bond donors (Lipinski definition) is 1. The van der Waals surface area contributed by atoms with Crippen molar-refractivity contribution >= 4 is 16.9 Å². The van der Waals surface area contributed by atoms with Crippen LogP contribution in [0.1, 0.15) is 64.3 Å². The van der Waals surface area contributed by atoms with E-state index in [1.807, 2.05) is 6.07 Å². The van der Waals surface area contributed by atoms with E-state index in [1.54, 1.807) is 0 Å². The topological polar surface area (TPSA) is 56.2 Å². The van der Waals surface area contributed by atoms with E-state index >= 15 is 0 Å². The van der Waals surface area contributed by atoms with Crippen LogP contribution >= 0.6 is 0 Å². The molecular formula is C29H39N3O2. The number of benzene rings is 2. The molecule has 0 aliphatic rings. The molecule has 0 spiro atoms. The lowest BCUT2D eigenvalue weighted by atomic mass is 9.87. The number of nitrogens with zero attached hydrogens (tertiary/aromatic N) is 2. The zero-order valence-corrected chi connectivity index (χ0v) is 21.0. The van der Waals surface area contributed by atoms with E-state index in [0.29, 0.717) is 13.2 Å². The number of carbonyl (C=O) groups is 1. The lowest BCUT2D eigenvalue weighted by Crippen LogP contribution is -2.21. The van der Waals surface area contributed by atoms with Gasteiger partial charge in [0.15, 0.2) is 0 Å². The molecule has 0 atom stereocenters. The molecule has 0 saturated carbocycles. The number of carbonyl (C=O) groups excluding carboxylic acids is 1. The maximum absolute atomic E-state index is 11.2. The lowest BCUT2D eigenvalue weighted by molar-refractivity contribution is -0.116. The summed E-state index contributed by atoms with van der Waals surface area (Å²) in [6.45, 7) is 12.5. The van der Waals surface area contributed by atoms with Gasteiger partial charge in [0.2, 0.25) is 5.91 Å². The maximum atomic E-state index is 11.2. The van der Waals surface area contributed by atoms with Crippen molar-refractivity contribution in [1.29, 1.82) is 0 Å². The van der Waals surface area contributed by atoms with Crippen molar-refractivity contribution in [2.75, 3.05) is 13.2 Å². The first-order chi connectivity index (χ1) is 16.4. The first-order valence-electron chi connectivity index (χ1n) is 12.5. The molecule has 34 heavy (non-hydrogen) atoms. The fourth-order valence-electron chi connectivity index (χ4n) is 4.05. The van der Waals surface area contributed by atoms with E-state index in [4.69, 9.17) is 9.72 Å². The Morgan fingerprint density at radius 1 is 1.03 bits per heavy atom. The molecule has 1 aromatic heterocycles. The molecular weight excluding hydrogens is 422 g/mol. The number of imidazole rings is 1. The van der Waals surface area contributed by atoms with Crippen LogP contribution in [0.15, 0.2) is 61.2 Å².